The van der Waals surface area contributed by atoms with Crippen molar-refractivity contribution in [2.75, 3.05) is 25.2 Å². The quantitative estimate of drug-likeness (QED) is 0.749. The minimum Gasteiger partial charge on any atom is -0.461 e. The van der Waals surface area contributed by atoms with Crippen LogP contribution in [0, 0.1) is 0 Å². The van der Waals surface area contributed by atoms with Crippen LogP contribution in [0.2, 0.25) is 0 Å². The van der Waals surface area contributed by atoms with E-state index in [0.717, 1.165) is 11.3 Å². The summed E-state index contributed by atoms with van der Waals surface area (Å²) in [6.07, 6.45) is 0.430. The number of aromatic nitrogens is 1. The molecule has 0 N–H and O–H groups in total. The Kier molecular flexibility index (Phi) is 4.62. The second kappa shape index (κ2) is 6.10. The second-order valence-electron chi connectivity index (χ2n) is 4.73. The van der Waals surface area contributed by atoms with Crippen LogP contribution in [-0.4, -0.2) is 61.4 Å². The van der Waals surface area contributed by atoms with Crippen LogP contribution in [0.1, 0.15) is 33.6 Å². The lowest BCUT2D eigenvalue weighted by Crippen LogP contribution is -2.38. The van der Waals surface area contributed by atoms with E-state index in [-0.39, 0.29) is 40.8 Å². The van der Waals surface area contributed by atoms with Gasteiger partial charge in [0.1, 0.15) is 5.69 Å². The van der Waals surface area contributed by atoms with Crippen molar-refractivity contribution in [2.24, 2.45) is 0 Å². The zero-order valence-corrected chi connectivity index (χ0v) is 13.4. The average molecular weight is 332 g/mol. The Morgan fingerprint density at radius 1 is 1.52 bits per heavy atom. The number of carbonyl (C=O) groups excluding carboxylic acids is 2. The van der Waals surface area contributed by atoms with Crippen LogP contribution in [0.4, 0.5) is 0 Å². The number of rotatable bonds is 4. The number of carbonyl (C=O) groups is 2. The highest BCUT2D eigenvalue weighted by Crippen LogP contribution is 2.19. The Morgan fingerprint density at radius 2 is 2.24 bits per heavy atom. The molecule has 1 aromatic heterocycles. The highest BCUT2D eigenvalue weighted by molar-refractivity contribution is 7.91. The standard InChI is InChI=1S/C12H16N2O5S2/c1-3-19-12(16)10-13-9(6-20-10)11(15)14(2)8-4-5-21(17,18)7-8/h6,8H,3-5,7H2,1-2H3. The van der Waals surface area contributed by atoms with Gasteiger partial charge in [0.25, 0.3) is 5.91 Å². The molecule has 1 fully saturated rings. The summed E-state index contributed by atoms with van der Waals surface area (Å²) in [6.45, 7) is 1.92. The zero-order chi connectivity index (χ0) is 15.6. The molecule has 1 amide bonds. The van der Waals surface area contributed by atoms with Crippen molar-refractivity contribution < 1.29 is 22.7 Å². The van der Waals surface area contributed by atoms with E-state index in [1.54, 1.807) is 14.0 Å². The van der Waals surface area contributed by atoms with Crippen LogP contribution in [0.3, 0.4) is 0 Å². The number of thiazole rings is 1. The fraction of sp³-hybridized carbons (Fsp3) is 0.583. The Bertz CT molecular complexity index is 652. The van der Waals surface area contributed by atoms with E-state index in [1.165, 1.54) is 10.3 Å². The Morgan fingerprint density at radius 3 is 2.81 bits per heavy atom. The van der Waals surface area contributed by atoms with Crippen molar-refractivity contribution in [3.63, 3.8) is 0 Å². The van der Waals surface area contributed by atoms with E-state index < -0.39 is 15.8 Å². The molecule has 1 aliphatic rings. The second-order valence-corrected chi connectivity index (χ2v) is 7.82. The van der Waals surface area contributed by atoms with E-state index in [4.69, 9.17) is 4.74 Å². The van der Waals surface area contributed by atoms with Crippen LogP contribution in [0.15, 0.2) is 5.38 Å². The number of amides is 1. The minimum absolute atomic E-state index is 0.0237. The third-order valence-corrected chi connectivity index (χ3v) is 5.82. The number of sulfone groups is 1. The number of nitrogens with zero attached hydrogens (tertiary/aromatic N) is 2. The monoisotopic (exact) mass is 332 g/mol. The molecule has 7 nitrogen and oxygen atoms in total. The summed E-state index contributed by atoms with van der Waals surface area (Å²) < 4.78 is 27.7. The topological polar surface area (TPSA) is 93.6 Å². The lowest BCUT2D eigenvalue weighted by molar-refractivity contribution is 0.0526. The van der Waals surface area contributed by atoms with Crippen LogP contribution < -0.4 is 0 Å². The van der Waals surface area contributed by atoms with Gasteiger partial charge in [-0.2, -0.15) is 0 Å². The number of esters is 1. The van der Waals surface area contributed by atoms with Crippen molar-refractivity contribution in [1.82, 2.24) is 9.88 Å². The fourth-order valence-corrected chi connectivity index (χ4v) is 4.54. The SMILES string of the molecule is CCOC(=O)c1nc(C(=O)N(C)C2CCS(=O)(=O)C2)cs1. The Hall–Kier alpha value is -1.48. The lowest BCUT2D eigenvalue weighted by Gasteiger charge is -2.22. The zero-order valence-electron chi connectivity index (χ0n) is 11.7. The summed E-state index contributed by atoms with van der Waals surface area (Å²) >= 11 is 1.03. The minimum atomic E-state index is -3.06. The molecular formula is C12H16N2O5S2. The summed E-state index contributed by atoms with van der Waals surface area (Å²) in [4.78, 5) is 29.1. The molecule has 1 unspecified atom stereocenters. The van der Waals surface area contributed by atoms with Crippen LogP contribution in [0.25, 0.3) is 0 Å². The number of hydrogen-bond donors (Lipinski definition) is 0. The first-order valence-electron chi connectivity index (χ1n) is 6.44. The van der Waals surface area contributed by atoms with E-state index in [9.17, 15) is 18.0 Å². The van der Waals surface area contributed by atoms with Crippen LogP contribution >= 0.6 is 11.3 Å². The van der Waals surface area contributed by atoms with E-state index in [0.29, 0.717) is 6.42 Å². The maximum absolute atomic E-state index is 12.3. The number of ether oxygens (including phenoxy) is 1. The summed E-state index contributed by atoms with van der Waals surface area (Å²) in [6, 6.07) is -0.338. The molecule has 1 saturated heterocycles. The smallest absolute Gasteiger partial charge is 0.367 e. The normalized spacial score (nSPS) is 20.2. The lowest BCUT2D eigenvalue weighted by atomic mass is 10.2. The molecular weight excluding hydrogens is 316 g/mol. The van der Waals surface area contributed by atoms with Crippen molar-refractivity contribution in [1.29, 1.82) is 0 Å². The van der Waals surface area contributed by atoms with Crippen molar-refractivity contribution in [2.45, 2.75) is 19.4 Å². The van der Waals surface area contributed by atoms with Gasteiger partial charge in [0.2, 0.25) is 5.01 Å². The van der Waals surface area contributed by atoms with Crippen molar-refractivity contribution >= 4 is 33.1 Å². The van der Waals surface area contributed by atoms with Gasteiger partial charge in [-0.15, -0.1) is 11.3 Å². The molecule has 0 bridgehead atoms. The maximum Gasteiger partial charge on any atom is 0.367 e. The third kappa shape index (κ3) is 3.59. The van der Waals surface area contributed by atoms with Gasteiger partial charge in [-0.3, -0.25) is 4.79 Å². The first-order valence-corrected chi connectivity index (χ1v) is 9.14. The maximum atomic E-state index is 12.3. The van der Waals surface area contributed by atoms with E-state index >= 15 is 0 Å². The first-order chi connectivity index (χ1) is 9.84. The van der Waals surface area contributed by atoms with E-state index in [2.05, 4.69) is 4.98 Å². The van der Waals surface area contributed by atoms with Gasteiger partial charge < -0.3 is 9.64 Å². The van der Waals surface area contributed by atoms with Crippen LogP contribution in [0.5, 0.6) is 0 Å². The summed E-state index contributed by atoms with van der Waals surface area (Å²) in [5, 5.41) is 1.60. The van der Waals surface area contributed by atoms with Gasteiger partial charge in [-0.25, -0.2) is 18.2 Å². The first kappa shape index (κ1) is 15.9. The molecule has 2 heterocycles. The fourth-order valence-electron chi connectivity index (χ4n) is 2.09. The average Bonchev–Trinajstić information content (AvgIpc) is 3.04. The van der Waals surface area contributed by atoms with Gasteiger partial charge in [-0.05, 0) is 13.3 Å². The molecule has 0 aromatic carbocycles. The molecule has 0 saturated carbocycles. The summed E-state index contributed by atoms with van der Waals surface area (Å²) in [5.74, 6) is -0.874. The molecule has 0 radical (unpaired) electrons. The molecule has 0 spiro atoms. The summed E-state index contributed by atoms with van der Waals surface area (Å²) in [5.41, 5.74) is 0.134. The molecule has 0 aliphatic carbocycles. The largest absolute Gasteiger partial charge is 0.461 e. The van der Waals surface area contributed by atoms with E-state index in [1.807, 2.05) is 0 Å². The third-order valence-electron chi connectivity index (χ3n) is 3.25. The molecule has 116 valence electrons. The van der Waals surface area contributed by atoms with Gasteiger partial charge in [0.15, 0.2) is 9.84 Å². The molecule has 9 heteroatoms. The van der Waals surface area contributed by atoms with Gasteiger partial charge in [0.05, 0.1) is 18.1 Å². The summed E-state index contributed by atoms with van der Waals surface area (Å²) in [7, 11) is -1.50. The van der Waals surface area contributed by atoms with Gasteiger partial charge >= 0.3 is 5.97 Å². The van der Waals surface area contributed by atoms with Gasteiger partial charge in [0, 0.05) is 18.5 Å². The van der Waals surface area contributed by atoms with Gasteiger partial charge in [-0.1, -0.05) is 0 Å². The molecule has 2 rings (SSSR count). The predicted molar refractivity (Wildman–Crippen MR) is 77.2 cm³/mol. The predicted octanol–water partition coefficient (Wildman–Crippen LogP) is 0.579. The highest BCUT2D eigenvalue weighted by Gasteiger charge is 2.33. The molecule has 1 aliphatic heterocycles. The van der Waals surface area contributed by atoms with Crippen molar-refractivity contribution in [3.05, 3.63) is 16.1 Å². The molecule has 1 aromatic rings. The molecule has 21 heavy (non-hydrogen) atoms. The van der Waals surface area contributed by atoms with Crippen molar-refractivity contribution in [3.8, 4) is 0 Å². The molecule has 1 atom stereocenters. The number of hydrogen-bond acceptors (Lipinski definition) is 7. The Balaban J connectivity index is 2.08. The highest BCUT2D eigenvalue weighted by atomic mass is 32.2. The van der Waals surface area contributed by atoms with Crippen LogP contribution in [-0.2, 0) is 14.6 Å². The Labute approximate surface area is 126 Å².